The first-order valence-corrected chi connectivity index (χ1v) is 7.44. The SMILES string of the molecule is O=C(O)CNC(=O)CN1C(=O)S/C(=C\c2cccs2)C1=O. The number of aliphatic carboxylic acids is 1. The van der Waals surface area contributed by atoms with Crippen LogP contribution in [-0.2, 0) is 14.4 Å². The van der Waals surface area contributed by atoms with Crippen LogP contribution in [0.4, 0.5) is 4.79 Å². The Balaban J connectivity index is 2.02. The number of nitrogens with one attached hydrogen (secondary N) is 1. The van der Waals surface area contributed by atoms with Gasteiger partial charge in [-0.1, -0.05) is 6.07 Å². The molecule has 21 heavy (non-hydrogen) atoms. The fraction of sp³-hybridized carbons (Fsp3) is 0.167. The predicted molar refractivity (Wildman–Crippen MR) is 77.6 cm³/mol. The third-order valence-electron chi connectivity index (χ3n) is 2.43. The van der Waals surface area contributed by atoms with E-state index in [1.165, 1.54) is 11.3 Å². The second kappa shape index (κ2) is 6.55. The molecule has 0 spiro atoms. The summed E-state index contributed by atoms with van der Waals surface area (Å²) in [6, 6.07) is 3.62. The average molecular weight is 326 g/mol. The van der Waals surface area contributed by atoms with Crippen LogP contribution in [0.1, 0.15) is 4.88 Å². The molecule has 2 heterocycles. The van der Waals surface area contributed by atoms with E-state index in [1.54, 1.807) is 12.1 Å². The standard InChI is InChI=1S/C12H10N2O5S2/c15-9(13-5-10(16)17)6-14-11(18)8(21-12(14)19)4-7-2-1-3-20-7/h1-4H,5-6H2,(H,13,15)(H,16,17)/b8-4-. The number of amides is 3. The van der Waals surface area contributed by atoms with Gasteiger partial charge in [0.15, 0.2) is 0 Å². The highest BCUT2D eigenvalue weighted by Gasteiger charge is 2.36. The summed E-state index contributed by atoms with van der Waals surface area (Å²) in [6.07, 6.45) is 1.59. The highest BCUT2D eigenvalue weighted by molar-refractivity contribution is 8.18. The van der Waals surface area contributed by atoms with Crippen molar-refractivity contribution in [3.8, 4) is 0 Å². The molecule has 9 heteroatoms. The minimum atomic E-state index is -1.20. The summed E-state index contributed by atoms with van der Waals surface area (Å²) >= 11 is 2.18. The van der Waals surface area contributed by atoms with Crippen molar-refractivity contribution in [3.05, 3.63) is 27.3 Å². The number of hydrogen-bond donors (Lipinski definition) is 2. The zero-order chi connectivity index (χ0) is 15.4. The molecule has 1 aliphatic heterocycles. The van der Waals surface area contributed by atoms with Crippen molar-refractivity contribution in [2.45, 2.75) is 0 Å². The molecule has 1 fully saturated rings. The van der Waals surface area contributed by atoms with Crippen LogP contribution in [0.2, 0.25) is 0 Å². The van der Waals surface area contributed by atoms with Gasteiger partial charge in [0.1, 0.15) is 13.1 Å². The van der Waals surface area contributed by atoms with Gasteiger partial charge in [-0.3, -0.25) is 24.1 Å². The van der Waals surface area contributed by atoms with Crippen molar-refractivity contribution in [3.63, 3.8) is 0 Å². The van der Waals surface area contributed by atoms with Crippen LogP contribution in [0.5, 0.6) is 0 Å². The van der Waals surface area contributed by atoms with E-state index in [-0.39, 0.29) is 4.91 Å². The van der Waals surface area contributed by atoms with E-state index in [1.807, 2.05) is 11.4 Å². The zero-order valence-corrected chi connectivity index (χ0v) is 12.2. The molecule has 0 saturated carbocycles. The number of carbonyl (C=O) groups is 4. The van der Waals surface area contributed by atoms with Gasteiger partial charge in [-0.15, -0.1) is 11.3 Å². The lowest BCUT2D eigenvalue weighted by molar-refractivity contribution is -0.138. The first-order chi connectivity index (χ1) is 9.97. The van der Waals surface area contributed by atoms with Crippen molar-refractivity contribution < 1.29 is 24.3 Å². The summed E-state index contributed by atoms with van der Waals surface area (Å²) < 4.78 is 0. The highest BCUT2D eigenvalue weighted by atomic mass is 32.2. The lowest BCUT2D eigenvalue weighted by atomic mass is 10.3. The fourth-order valence-electron chi connectivity index (χ4n) is 1.51. The second-order valence-electron chi connectivity index (χ2n) is 3.95. The summed E-state index contributed by atoms with van der Waals surface area (Å²) in [7, 11) is 0. The van der Waals surface area contributed by atoms with E-state index in [0.29, 0.717) is 0 Å². The van der Waals surface area contributed by atoms with Gasteiger partial charge in [-0.05, 0) is 29.3 Å². The van der Waals surface area contributed by atoms with E-state index in [0.717, 1.165) is 21.5 Å². The molecule has 1 aromatic rings. The number of thiophene rings is 1. The molecule has 0 atom stereocenters. The van der Waals surface area contributed by atoms with Gasteiger partial charge in [0.2, 0.25) is 5.91 Å². The van der Waals surface area contributed by atoms with Crippen LogP contribution in [-0.4, -0.2) is 46.1 Å². The molecule has 2 N–H and O–H groups in total. The first kappa shape index (κ1) is 15.3. The van der Waals surface area contributed by atoms with Crippen LogP contribution in [0, 0.1) is 0 Å². The first-order valence-electron chi connectivity index (χ1n) is 5.74. The molecule has 2 rings (SSSR count). The molecule has 1 saturated heterocycles. The molecule has 0 radical (unpaired) electrons. The summed E-state index contributed by atoms with van der Waals surface area (Å²) in [5.74, 6) is -2.45. The summed E-state index contributed by atoms with van der Waals surface area (Å²) in [5.41, 5.74) is 0. The van der Waals surface area contributed by atoms with Gasteiger partial charge in [0.05, 0.1) is 4.91 Å². The van der Waals surface area contributed by atoms with Gasteiger partial charge >= 0.3 is 5.97 Å². The number of hydrogen-bond acceptors (Lipinski definition) is 6. The van der Waals surface area contributed by atoms with Crippen molar-refractivity contribution in [1.29, 1.82) is 0 Å². The molecule has 7 nitrogen and oxygen atoms in total. The minimum Gasteiger partial charge on any atom is -0.480 e. The Morgan fingerprint density at radius 2 is 2.14 bits per heavy atom. The maximum atomic E-state index is 12.0. The molecule has 0 unspecified atom stereocenters. The minimum absolute atomic E-state index is 0.244. The maximum absolute atomic E-state index is 12.0. The Bertz CT molecular complexity index is 624. The van der Waals surface area contributed by atoms with Crippen LogP contribution < -0.4 is 5.32 Å². The van der Waals surface area contributed by atoms with Gasteiger partial charge in [-0.25, -0.2) is 0 Å². The third kappa shape index (κ3) is 3.92. The van der Waals surface area contributed by atoms with Crippen LogP contribution >= 0.6 is 23.1 Å². The van der Waals surface area contributed by atoms with Crippen molar-refractivity contribution in [2.24, 2.45) is 0 Å². The number of thioether (sulfide) groups is 1. The molecule has 0 bridgehead atoms. The smallest absolute Gasteiger partial charge is 0.322 e. The quantitative estimate of drug-likeness (QED) is 0.782. The van der Waals surface area contributed by atoms with Crippen molar-refractivity contribution in [1.82, 2.24) is 10.2 Å². The van der Waals surface area contributed by atoms with E-state index < -0.39 is 36.1 Å². The Hall–Kier alpha value is -2.13. The van der Waals surface area contributed by atoms with Gasteiger partial charge in [0, 0.05) is 4.88 Å². The molecule has 0 aromatic carbocycles. The largest absolute Gasteiger partial charge is 0.480 e. The topological polar surface area (TPSA) is 104 Å². The van der Waals surface area contributed by atoms with Gasteiger partial charge in [0.25, 0.3) is 11.1 Å². The predicted octanol–water partition coefficient (Wildman–Crippen LogP) is 0.985. The number of carboxylic acid groups (broad SMARTS) is 1. The van der Waals surface area contributed by atoms with E-state index in [2.05, 4.69) is 5.32 Å². The molecule has 1 aliphatic rings. The maximum Gasteiger partial charge on any atom is 0.322 e. The third-order valence-corrected chi connectivity index (χ3v) is 4.16. The van der Waals surface area contributed by atoms with Crippen LogP contribution in [0.15, 0.2) is 22.4 Å². The second-order valence-corrected chi connectivity index (χ2v) is 5.93. The number of imide groups is 1. The number of carbonyl (C=O) groups excluding carboxylic acids is 3. The molecular formula is C12H10N2O5S2. The van der Waals surface area contributed by atoms with E-state index in [4.69, 9.17) is 5.11 Å². The molecular weight excluding hydrogens is 316 g/mol. The number of carboxylic acids is 1. The Labute approximate surface area is 127 Å². The fourth-order valence-corrected chi connectivity index (χ4v) is 3.07. The summed E-state index contributed by atoms with van der Waals surface area (Å²) in [4.78, 5) is 47.4. The average Bonchev–Trinajstić information content (AvgIpc) is 3.01. The normalized spacial score (nSPS) is 16.6. The lowest BCUT2D eigenvalue weighted by Crippen LogP contribution is -2.41. The van der Waals surface area contributed by atoms with E-state index >= 15 is 0 Å². The molecule has 3 amide bonds. The molecule has 110 valence electrons. The summed E-state index contributed by atoms with van der Waals surface area (Å²) in [5, 5.41) is 11.8. The van der Waals surface area contributed by atoms with Crippen molar-refractivity contribution in [2.75, 3.05) is 13.1 Å². The zero-order valence-electron chi connectivity index (χ0n) is 10.6. The molecule has 0 aliphatic carbocycles. The Kier molecular flexibility index (Phi) is 4.76. The summed E-state index contributed by atoms with van der Waals surface area (Å²) in [6.45, 7) is -1.04. The Morgan fingerprint density at radius 1 is 1.38 bits per heavy atom. The van der Waals surface area contributed by atoms with Crippen LogP contribution in [0.25, 0.3) is 6.08 Å². The Morgan fingerprint density at radius 3 is 2.76 bits per heavy atom. The lowest BCUT2D eigenvalue weighted by Gasteiger charge is -2.11. The van der Waals surface area contributed by atoms with Crippen molar-refractivity contribution >= 4 is 52.2 Å². The number of rotatable bonds is 5. The van der Waals surface area contributed by atoms with E-state index in [9.17, 15) is 19.2 Å². The van der Waals surface area contributed by atoms with Crippen LogP contribution in [0.3, 0.4) is 0 Å². The van der Waals surface area contributed by atoms with Gasteiger partial charge in [-0.2, -0.15) is 0 Å². The molecule has 1 aromatic heterocycles. The monoisotopic (exact) mass is 326 g/mol. The highest BCUT2D eigenvalue weighted by Crippen LogP contribution is 2.32. The number of nitrogens with zero attached hydrogens (tertiary/aromatic N) is 1. The van der Waals surface area contributed by atoms with Gasteiger partial charge < -0.3 is 10.4 Å².